The van der Waals surface area contributed by atoms with E-state index >= 15 is 0 Å². The van der Waals surface area contributed by atoms with Gasteiger partial charge in [0.2, 0.25) is 0 Å². The van der Waals surface area contributed by atoms with Gasteiger partial charge < -0.3 is 9.64 Å². The van der Waals surface area contributed by atoms with Gasteiger partial charge in [-0.05, 0) is 38.3 Å². The highest BCUT2D eigenvalue weighted by Crippen LogP contribution is 2.40. The highest BCUT2D eigenvalue weighted by atomic mass is 32.2. The maximum atomic E-state index is 11.3. The van der Waals surface area contributed by atoms with Crippen LogP contribution in [0.1, 0.15) is 32.3 Å². The van der Waals surface area contributed by atoms with Gasteiger partial charge >= 0.3 is 0 Å². The number of rotatable bonds is 6. The second-order valence-corrected chi connectivity index (χ2v) is 7.81. The topological polar surface area (TPSA) is 29.5 Å². The number of benzene rings is 1. The molecule has 0 spiro atoms. The minimum absolute atomic E-state index is 0.0343. The van der Waals surface area contributed by atoms with Crippen LogP contribution in [0.25, 0.3) is 0 Å². The molecule has 1 aromatic rings. The van der Waals surface area contributed by atoms with Crippen LogP contribution in [0.15, 0.2) is 24.3 Å². The van der Waals surface area contributed by atoms with Crippen LogP contribution < -0.4 is 4.74 Å². The Bertz CT molecular complexity index is 561. The Morgan fingerprint density at radius 2 is 2.18 bits per heavy atom. The number of Topliss-reactive ketones (excluding diaryl/α,β-unsaturated/α-hetero) is 1. The first-order valence-electron chi connectivity index (χ1n) is 7.52. The minimum Gasteiger partial charge on any atom is -0.496 e. The number of methoxy groups -OCH3 is 1. The lowest BCUT2D eigenvalue weighted by molar-refractivity contribution is -0.115. The summed E-state index contributed by atoms with van der Waals surface area (Å²) in [6.07, 6.45) is 2.29. The fraction of sp³-hybridized carbons (Fsp3) is 0.529. The molecule has 0 aliphatic carbocycles. The van der Waals surface area contributed by atoms with E-state index in [1.54, 1.807) is 14.0 Å². The molecule has 1 saturated heterocycles. The van der Waals surface area contributed by atoms with Crippen LogP contribution in [-0.4, -0.2) is 40.0 Å². The Morgan fingerprint density at radius 1 is 1.45 bits per heavy atom. The minimum atomic E-state index is -0.0343. The zero-order chi connectivity index (χ0) is 16.2. The van der Waals surface area contributed by atoms with Gasteiger partial charge in [0, 0.05) is 12.3 Å². The first-order valence-corrected chi connectivity index (χ1v) is 8.91. The van der Waals surface area contributed by atoms with Crippen LogP contribution in [-0.2, 0) is 11.2 Å². The van der Waals surface area contributed by atoms with Gasteiger partial charge in [-0.1, -0.05) is 30.4 Å². The second-order valence-electron chi connectivity index (χ2n) is 5.76. The van der Waals surface area contributed by atoms with E-state index in [1.165, 1.54) is 5.56 Å². The molecule has 1 unspecified atom stereocenters. The van der Waals surface area contributed by atoms with Gasteiger partial charge in [0.15, 0.2) is 0 Å². The standard InChI is InChI=1S/C17H23NO2S2/c1-13(19)12-16(21)18-10-11-22-17(18,2)9-8-14-6-4-5-7-15(14)20-3/h4-7H,8-12H2,1-3H3. The molecule has 1 fully saturated rings. The third-order valence-electron chi connectivity index (χ3n) is 4.05. The molecule has 3 nitrogen and oxygen atoms in total. The number of hydrogen-bond donors (Lipinski definition) is 0. The zero-order valence-electron chi connectivity index (χ0n) is 13.4. The van der Waals surface area contributed by atoms with Gasteiger partial charge in [0.1, 0.15) is 11.5 Å². The number of aryl methyl sites for hydroxylation is 1. The van der Waals surface area contributed by atoms with Crippen molar-refractivity contribution in [1.29, 1.82) is 0 Å². The van der Waals surface area contributed by atoms with Crippen molar-refractivity contribution in [3.63, 3.8) is 0 Å². The number of para-hydroxylation sites is 1. The molecule has 1 aliphatic rings. The van der Waals surface area contributed by atoms with Crippen molar-refractivity contribution in [2.45, 2.75) is 38.0 Å². The van der Waals surface area contributed by atoms with Crippen LogP contribution in [0, 0.1) is 0 Å². The molecule has 1 aromatic carbocycles. The quantitative estimate of drug-likeness (QED) is 0.739. The predicted octanol–water partition coefficient (Wildman–Crippen LogP) is 3.70. The lowest BCUT2D eigenvalue weighted by atomic mass is 10.0. The number of thiocarbonyl (C=S) groups is 1. The van der Waals surface area contributed by atoms with E-state index in [4.69, 9.17) is 17.0 Å². The number of carbonyl (C=O) groups excluding carboxylic acids is 1. The van der Waals surface area contributed by atoms with Crippen molar-refractivity contribution in [3.8, 4) is 5.75 Å². The average Bonchev–Trinajstić information content (AvgIpc) is 2.87. The normalized spacial score (nSPS) is 21.0. The maximum Gasteiger partial charge on any atom is 0.136 e. The summed E-state index contributed by atoms with van der Waals surface area (Å²) in [6, 6.07) is 8.14. The lowest BCUT2D eigenvalue weighted by Gasteiger charge is -2.36. The van der Waals surface area contributed by atoms with Crippen molar-refractivity contribution >= 4 is 34.8 Å². The molecule has 2 rings (SSSR count). The van der Waals surface area contributed by atoms with E-state index in [-0.39, 0.29) is 10.7 Å². The van der Waals surface area contributed by atoms with Crippen LogP contribution in [0.4, 0.5) is 0 Å². The molecule has 1 atom stereocenters. The molecule has 0 saturated carbocycles. The van der Waals surface area contributed by atoms with E-state index < -0.39 is 0 Å². The predicted molar refractivity (Wildman–Crippen MR) is 96.8 cm³/mol. The van der Waals surface area contributed by atoms with E-state index in [9.17, 15) is 4.79 Å². The molecule has 0 bridgehead atoms. The van der Waals surface area contributed by atoms with Gasteiger partial charge in [-0.25, -0.2) is 0 Å². The highest BCUT2D eigenvalue weighted by Gasteiger charge is 2.38. The van der Waals surface area contributed by atoms with Crippen molar-refractivity contribution in [3.05, 3.63) is 29.8 Å². The van der Waals surface area contributed by atoms with Gasteiger partial charge in [0.25, 0.3) is 0 Å². The Labute approximate surface area is 142 Å². The van der Waals surface area contributed by atoms with E-state index in [2.05, 4.69) is 17.9 Å². The summed E-state index contributed by atoms with van der Waals surface area (Å²) in [5.41, 5.74) is 1.22. The third-order valence-corrected chi connectivity index (χ3v) is 5.85. The largest absolute Gasteiger partial charge is 0.496 e. The number of nitrogens with zero attached hydrogens (tertiary/aromatic N) is 1. The zero-order valence-corrected chi connectivity index (χ0v) is 15.1. The Hall–Kier alpha value is -1.07. The van der Waals surface area contributed by atoms with Gasteiger partial charge in [0.05, 0.1) is 23.4 Å². The summed E-state index contributed by atoms with van der Waals surface area (Å²) in [6.45, 7) is 4.76. The molecule has 120 valence electrons. The molecule has 0 amide bonds. The molecule has 22 heavy (non-hydrogen) atoms. The van der Waals surface area contributed by atoms with Gasteiger partial charge in [-0.2, -0.15) is 0 Å². The number of hydrogen-bond acceptors (Lipinski definition) is 4. The monoisotopic (exact) mass is 337 g/mol. The Morgan fingerprint density at radius 3 is 2.86 bits per heavy atom. The fourth-order valence-electron chi connectivity index (χ4n) is 2.85. The summed E-state index contributed by atoms with van der Waals surface area (Å²) >= 11 is 7.41. The molecular formula is C17H23NO2S2. The summed E-state index contributed by atoms with van der Waals surface area (Å²) in [4.78, 5) is 14.3. The highest BCUT2D eigenvalue weighted by molar-refractivity contribution is 8.00. The van der Waals surface area contributed by atoms with Crippen molar-refractivity contribution < 1.29 is 9.53 Å². The molecule has 1 heterocycles. The van der Waals surface area contributed by atoms with E-state index in [0.29, 0.717) is 6.42 Å². The van der Waals surface area contributed by atoms with Crippen LogP contribution in [0.2, 0.25) is 0 Å². The average molecular weight is 338 g/mol. The van der Waals surface area contributed by atoms with Crippen molar-refractivity contribution in [2.75, 3.05) is 19.4 Å². The Kier molecular flexibility index (Phi) is 5.87. The van der Waals surface area contributed by atoms with Crippen LogP contribution >= 0.6 is 24.0 Å². The molecule has 5 heteroatoms. The second kappa shape index (κ2) is 7.47. The van der Waals surface area contributed by atoms with Crippen LogP contribution in [0.3, 0.4) is 0 Å². The van der Waals surface area contributed by atoms with Gasteiger partial charge in [-0.15, -0.1) is 11.8 Å². The van der Waals surface area contributed by atoms with Gasteiger partial charge in [-0.3, -0.25) is 4.79 Å². The number of carbonyl (C=O) groups is 1. The van der Waals surface area contributed by atoms with Crippen LogP contribution in [0.5, 0.6) is 5.75 Å². The summed E-state index contributed by atoms with van der Waals surface area (Å²) in [5, 5.41) is 0. The van der Waals surface area contributed by atoms with E-state index in [0.717, 1.165) is 35.9 Å². The summed E-state index contributed by atoms with van der Waals surface area (Å²) in [7, 11) is 1.71. The molecule has 0 radical (unpaired) electrons. The molecule has 0 aromatic heterocycles. The summed E-state index contributed by atoms with van der Waals surface area (Å²) < 4.78 is 5.43. The van der Waals surface area contributed by atoms with Crippen molar-refractivity contribution in [1.82, 2.24) is 4.90 Å². The SMILES string of the molecule is COc1ccccc1CCC1(C)SCCN1C(=S)CC(C)=O. The number of ketones is 1. The van der Waals surface area contributed by atoms with E-state index in [1.807, 2.05) is 30.0 Å². The first kappa shape index (κ1) is 17.3. The maximum absolute atomic E-state index is 11.3. The van der Waals surface area contributed by atoms with Crippen molar-refractivity contribution in [2.24, 2.45) is 0 Å². The molecule has 0 N–H and O–H groups in total. The molecular weight excluding hydrogens is 314 g/mol. The summed E-state index contributed by atoms with van der Waals surface area (Å²) in [5.74, 6) is 2.13. The fourth-order valence-corrected chi connectivity index (χ4v) is 4.72. The third kappa shape index (κ3) is 4.02. The lowest BCUT2D eigenvalue weighted by Crippen LogP contribution is -2.43. The Balaban J connectivity index is 2.06. The smallest absolute Gasteiger partial charge is 0.136 e. The molecule has 1 aliphatic heterocycles. The number of thioether (sulfide) groups is 1. The first-order chi connectivity index (χ1) is 10.5. The number of ether oxygens (including phenoxy) is 1.